The number of nitrogens with two attached hydrogens (primary N) is 1. The summed E-state index contributed by atoms with van der Waals surface area (Å²) in [5.74, 6) is 0.960. The van der Waals surface area contributed by atoms with Gasteiger partial charge in [0, 0.05) is 19.6 Å². The van der Waals surface area contributed by atoms with E-state index in [-0.39, 0.29) is 0 Å². The van der Waals surface area contributed by atoms with Crippen molar-refractivity contribution >= 4 is 0 Å². The van der Waals surface area contributed by atoms with Gasteiger partial charge in [0.15, 0.2) is 0 Å². The third-order valence-corrected chi connectivity index (χ3v) is 3.00. The Morgan fingerprint density at radius 2 is 1.84 bits per heavy atom. The Hall–Kier alpha value is -1.06. The van der Waals surface area contributed by atoms with Crippen LogP contribution in [0.15, 0.2) is 24.3 Å². The Labute approximate surface area is 117 Å². The van der Waals surface area contributed by atoms with Gasteiger partial charge in [-0.15, -0.1) is 0 Å². The third kappa shape index (κ3) is 7.85. The largest absolute Gasteiger partial charge is 0.493 e. The average molecular weight is 265 g/mol. The van der Waals surface area contributed by atoms with Gasteiger partial charge in [0.1, 0.15) is 5.75 Å². The summed E-state index contributed by atoms with van der Waals surface area (Å²) in [6.07, 6.45) is 5.35. The molecule has 0 radical (unpaired) electrons. The number of aryl methyl sites for hydroxylation is 1. The highest BCUT2D eigenvalue weighted by molar-refractivity contribution is 5.28. The van der Waals surface area contributed by atoms with Gasteiger partial charge in [0.05, 0.1) is 6.61 Å². The number of hydrogen-bond acceptors (Lipinski definition) is 3. The minimum atomic E-state index is 0.718. The van der Waals surface area contributed by atoms with E-state index in [2.05, 4.69) is 19.1 Å². The summed E-state index contributed by atoms with van der Waals surface area (Å²) in [6, 6.07) is 8.28. The fourth-order valence-electron chi connectivity index (χ4n) is 1.83. The van der Waals surface area contributed by atoms with Crippen molar-refractivity contribution in [2.24, 2.45) is 5.73 Å². The lowest BCUT2D eigenvalue weighted by atomic mass is 10.2. The van der Waals surface area contributed by atoms with Crippen LogP contribution in [0.1, 0.15) is 38.2 Å². The van der Waals surface area contributed by atoms with Crippen LogP contribution in [0.2, 0.25) is 0 Å². The summed E-state index contributed by atoms with van der Waals surface area (Å²) in [7, 11) is 0. The highest BCUT2D eigenvalue weighted by atomic mass is 16.5. The molecule has 19 heavy (non-hydrogen) atoms. The Balaban J connectivity index is 1.98. The maximum atomic E-state index is 5.70. The highest BCUT2D eigenvalue weighted by Crippen LogP contribution is 2.13. The van der Waals surface area contributed by atoms with E-state index in [0.29, 0.717) is 0 Å². The summed E-state index contributed by atoms with van der Waals surface area (Å²) >= 11 is 0. The molecular weight excluding hydrogens is 238 g/mol. The smallest absolute Gasteiger partial charge is 0.119 e. The van der Waals surface area contributed by atoms with E-state index in [1.165, 1.54) is 5.56 Å². The molecule has 0 aliphatic carbocycles. The van der Waals surface area contributed by atoms with Crippen LogP contribution in [-0.4, -0.2) is 26.4 Å². The normalized spacial score (nSPS) is 10.6. The number of hydrogen-bond donors (Lipinski definition) is 1. The van der Waals surface area contributed by atoms with Gasteiger partial charge in [-0.25, -0.2) is 0 Å². The fourth-order valence-corrected chi connectivity index (χ4v) is 1.83. The second kappa shape index (κ2) is 10.8. The lowest BCUT2D eigenvalue weighted by Gasteiger charge is -2.08. The predicted octanol–water partition coefficient (Wildman–Crippen LogP) is 3.16. The van der Waals surface area contributed by atoms with Crippen LogP contribution in [0.25, 0.3) is 0 Å². The van der Waals surface area contributed by atoms with Crippen molar-refractivity contribution < 1.29 is 9.47 Å². The molecule has 0 unspecified atom stereocenters. The SMILES string of the molecule is CCc1cccc(OCCCOCCCCCN)c1. The van der Waals surface area contributed by atoms with E-state index in [9.17, 15) is 0 Å². The van der Waals surface area contributed by atoms with Crippen molar-refractivity contribution in [3.63, 3.8) is 0 Å². The monoisotopic (exact) mass is 265 g/mol. The van der Waals surface area contributed by atoms with Gasteiger partial charge >= 0.3 is 0 Å². The third-order valence-electron chi connectivity index (χ3n) is 3.00. The number of unbranched alkanes of at least 4 members (excludes halogenated alkanes) is 2. The van der Waals surface area contributed by atoms with E-state index in [0.717, 1.165) is 64.2 Å². The van der Waals surface area contributed by atoms with Gasteiger partial charge in [-0.05, 0) is 49.9 Å². The van der Waals surface area contributed by atoms with E-state index in [1.54, 1.807) is 0 Å². The molecule has 2 N–H and O–H groups in total. The van der Waals surface area contributed by atoms with Crippen molar-refractivity contribution in [3.8, 4) is 5.75 Å². The molecule has 0 saturated heterocycles. The minimum Gasteiger partial charge on any atom is -0.493 e. The Kier molecular flexibility index (Phi) is 9.11. The molecule has 0 amide bonds. The van der Waals surface area contributed by atoms with Crippen LogP contribution in [-0.2, 0) is 11.2 Å². The molecule has 0 fully saturated rings. The van der Waals surface area contributed by atoms with E-state index in [1.807, 2.05) is 12.1 Å². The summed E-state index contributed by atoms with van der Waals surface area (Å²) in [4.78, 5) is 0. The molecule has 3 nitrogen and oxygen atoms in total. The van der Waals surface area contributed by atoms with Gasteiger partial charge in [-0.1, -0.05) is 19.1 Å². The lowest BCUT2D eigenvalue weighted by Crippen LogP contribution is -2.05. The van der Waals surface area contributed by atoms with Gasteiger partial charge in [-0.2, -0.15) is 0 Å². The Bertz CT molecular complexity index is 328. The quantitative estimate of drug-likeness (QED) is 0.625. The number of ether oxygens (including phenoxy) is 2. The van der Waals surface area contributed by atoms with Crippen LogP contribution >= 0.6 is 0 Å². The molecule has 0 aliphatic rings. The highest BCUT2D eigenvalue weighted by Gasteiger charge is 1.96. The molecule has 0 saturated carbocycles. The van der Waals surface area contributed by atoms with Crippen LogP contribution in [0.5, 0.6) is 5.75 Å². The second-order valence-electron chi connectivity index (χ2n) is 4.66. The van der Waals surface area contributed by atoms with Crippen molar-refractivity contribution in [1.29, 1.82) is 0 Å². The first-order valence-electron chi connectivity index (χ1n) is 7.36. The zero-order chi connectivity index (χ0) is 13.8. The van der Waals surface area contributed by atoms with Crippen LogP contribution in [0.3, 0.4) is 0 Å². The molecule has 0 aliphatic heterocycles. The molecule has 0 atom stereocenters. The molecule has 3 heteroatoms. The zero-order valence-corrected chi connectivity index (χ0v) is 12.1. The molecule has 1 aromatic rings. The van der Waals surface area contributed by atoms with E-state index < -0.39 is 0 Å². The first-order chi connectivity index (χ1) is 9.36. The average Bonchev–Trinajstić information content (AvgIpc) is 2.46. The molecule has 0 bridgehead atoms. The van der Waals surface area contributed by atoms with Crippen LogP contribution in [0.4, 0.5) is 0 Å². The first-order valence-corrected chi connectivity index (χ1v) is 7.36. The van der Waals surface area contributed by atoms with Gasteiger partial charge in [0.25, 0.3) is 0 Å². The molecule has 0 aromatic heterocycles. The topological polar surface area (TPSA) is 44.5 Å². The Morgan fingerprint density at radius 3 is 2.63 bits per heavy atom. The van der Waals surface area contributed by atoms with E-state index >= 15 is 0 Å². The fraction of sp³-hybridized carbons (Fsp3) is 0.625. The zero-order valence-electron chi connectivity index (χ0n) is 12.1. The van der Waals surface area contributed by atoms with E-state index in [4.69, 9.17) is 15.2 Å². The summed E-state index contributed by atoms with van der Waals surface area (Å²) in [6.45, 7) is 5.26. The summed E-state index contributed by atoms with van der Waals surface area (Å²) in [5, 5.41) is 0. The molecule has 1 aromatic carbocycles. The Morgan fingerprint density at radius 1 is 1.00 bits per heavy atom. The molecular formula is C16H27NO2. The minimum absolute atomic E-state index is 0.718. The van der Waals surface area contributed by atoms with Crippen LogP contribution in [0, 0.1) is 0 Å². The van der Waals surface area contributed by atoms with Gasteiger partial charge in [-0.3, -0.25) is 0 Å². The second-order valence-corrected chi connectivity index (χ2v) is 4.66. The van der Waals surface area contributed by atoms with Crippen molar-refractivity contribution in [2.45, 2.75) is 39.0 Å². The summed E-state index contributed by atoms with van der Waals surface area (Å²) in [5.41, 5.74) is 6.74. The molecule has 0 spiro atoms. The van der Waals surface area contributed by atoms with Crippen molar-refractivity contribution in [1.82, 2.24) is 0 Å². The number of benzene rings is 1. The summed E-state index contributed by atoms with van der Waals surface area (Å²) < 4.78 is 11.2. The lowest BCUT2D eigenvalue weighted by molar-refractivity contribution is 0.116. The predicted molar refractivity (Wildman–Crippen MR) is 79.7 cm³/mol. The molecule has 1 rings (SSSR count). The maximum Gasteiger partial charge on any atom is 0.119 e. The van der Waals surface area contributed by atoms with Crippen molar-refractivity contribution in [2.75, 3.05) is 26.4 Å². The van der Waals surface area contributed by atoms with Gasteiger partial charge < -0.3 is 15.2 Å². The molecule has 0 heterocycles. The van der Waals surface area contributed by atoms with Crippen LogP contribution < -0.4 is 10.5 Å². The van der Waals surface area contributed by atoms with Gasteiger partial charge in [0.2, 0.25) is 0 Å². The standard InChI is InChI=1S/C16H27NO2/c1-2-15-8-6-9-16(14-15)19-13-7-12-18-11-5-3-4-10-17/h6,8-9,14H,2-5,7,10-13,17H2,1H3. The maximum absolute atomic E-state index is 5.70. The molecule has 108 valence electrons. The van der Waals surface area contributed by atoms with Crippen molar-refractivity contribution in [3.05, 3.63) is 29.8 Å². The number of rotatable bonds is 11. The first kappa shape index (κ1) is 16.0.